The lowest BCUT2D eigenvalue weighted by Crippen LogP contribution is -2.37. The Morgan fingerprint density at radius 1 is 1.33 bits per heavy atom. The van der Waals surface area contributed by atoms with Crippen molar-refractivity contribution in [3.8, 4) is 0 Å². The molecule has 0 aromatic heterocycles. The van der Waals surface area contributed by atoms with Crippen molar-refractivity contribution in [2.75, 3.05) is 14.1 Å². The van der Waals surface area contributed by atoms with E-state index in [-0.39, 0.29) is 5.54 Å². The second kappa shape index (κ2) is 3.53. The molecule has 0 bridgehead atoms. The minimum atomic E-state index is -0.00304. The third-order valence-electron chi connectivity index (χ3n) is 3.31. The number of allylic oxidation sites excluding steroid dienone is 2. The minimum absolute atomic E-state index is 0.00304. The fourth-order valence-electron chi connectivity index (χ4n) is 1.91. The van der Waals surface area contributed by atoms with Crippen LogP contribution < -0.4 is 0 Å². The monoisotopic (exact) mass is 205 g/mol. The van der Waals surface area contributed by atoms with Gasteiger partial charge in [-0.05, 0) is 39.6 Å². The lowest BCUT2D eigenvalue weighted by atomic mass is 10.00. The quantitative estimate of drug-likeness (QED) is 0.652. The number of rotatable bonds is 1. The van der Waals surface area contributed by atoms with Gasteiger partial charge in [0, 0.05) is 6.42 Å². The molecule has 2 rings (SSSR count). The third kappa shape index (κ3) is 1.86. The van der Waals surface area contributed by atoms with E-state index in [4.69, 9.17) is 4.74 Å². The molecule has 0 amide bonds. The van der Waals surface area contributed by atoms with Gasteiger partial charge in [-0.25, -0.2) is 0 Å². The Bertz CT molecular complexity index is 324. The van der Waals surface area contributed by atoms with Crippen LogP contribution in [-0.4, -0.2) is 30.6 Å². The van der Waals surface area contributed by atoms with Crippen LogP contribution in [0, 0.1) is 0 Å². The molecule has 1 aliphatic carbocycles. The fraction of sp³-hybridized carbons (Fsp3) is 0.538. The zero-order valence-corrected chi connectivity index (χ0v) is 9.95. The van der Waals surface area contributed by atoms with Crippen LogP contribution in [0.2, 0.25) is 0 Å². The number of ether oxygens (including phenoxy) is 1. The van der Waals surface area contributed by atoms with Crippen LogP contribution in [-0.2, 0) is 4.74 Å². The van der Waals surface area contributed by atoms with Gasteiger partial charge in [-0.15, -0.1) is 0 Å². The van der Waals surface area contributed by atoms with Crippen molar-refractivity contribution in [1.82, 2.24) is 4.90 Å². The first-order chi connectivity index (χ1) is 7.01. The van der Waals surface area contributed by atoms with Crippen molar-refractivity contribution in [3.05, 3.63) is 35.6 Å². The van der Waals surface area contributed by atoms with Crippen LogP contribution in [0.3, 0.4) is 0 Å². The molecule has 0 fully saturated rings. The fourth-order valence-corrected chi connectivity index (χ4v) is 1.91. The van der Waals surface area contributed by atoms with Gasteiger partial charge in [0.05, 0.1) is 5.54 Å². The summed E-state index contributed by atoms with van der Waals surface area (Å²) in [6, 6.07) is 0. The lowest BCUT2D eigenvalue weighted by molar-refractivity contribution is 0.169. The maximum absolute atomic E-state index is 5.74. The second-order valence-corrected chi connectivity index (χ2v) is 4.81. The van der Waals surface area contributed by atoms with E-state index in [9.17, 15) is 0 Å². The summed E-state index contributed by atoms with van der Waals surface area (Å²) < 4.78 is 5.74. The van der Waals surface area contributed by atoms with Crippen LogP contribution in [0.4, 0.5) is 0 Å². The zero-order chi connectivity index (χ0) is 11.1. The molecule has 0 spiro atoms. The predicted molar refractivity (Wildman–Crippen MR) is 62.6 cm³/mol. The highest BCUT2D eigenvalue weighted by atomic mass is 16.5. The zero-order valence-electron chi connectivity index (χ0n) is 9.95. The molecule has 2 atom stereocenters. The average molecular weight is 205 g/mol. The maximum Gasteiger partial charge on any atom is 0.122 e. The number of likely N-dealkylation sites (N-methyl/N-ethyl adjacent to an activating group) is 1. The van der Waals surface area contributed by atoms with Crippen molar-refractivity contribution < 1.29 is 4.74 Å². The highest BCUT2D eigenvalue weighted by Crippen LogP contribution is 2.31. The summed E-state index contributed by atoms with van der Waals surface area (Å²) in [5.41, 5.74) is 1.32. The van der Waals surface area contributed by atoms with E-state index in [0.29, 0.717) is 6.10 Å². The van der Waals surface area contributed by atoms with Crippen molar-refractivity contribution >= 4 is 0 Å². The van der Waals surface area contributed by atoms with Gasteiger partial charge in [-0.1, -0.05) is 18.2 Å². The predicted octanol–water partition coefficient (Wildman–Crippen LogP) is 2.50. The summed E-state index contributed by atoms with van der Waals surface area (Å²) in [5.74, 6) is 1.05. The van der Waals surface area contributed by atoms with E-state index in [0.717, 1.165) is 12.2 Å². The van der Waals surface area contributed by atoms with E-state index in [2.05, 4.69) is 57.1 Å². The third-order valence-corrected chi connectivity index (χ3v) is 3.31. The Balaban J connectivity index is 2.27. The molecule has 0 aromatic carbocycles. The Morgan fingerprint density at radius 2 is 2.00 bits per heavy atom. The molecule has 0 radical (unpaired) electrons. The maximum atomic E-state index is 5.74. The first-order valence-corrected chi connectivity index (χ1v) is 5.47. The highest BCUT2D eigenvalue weighted by Gasteiger charge is 2.26. The Kier molecular flexibility index (Phi) is 2.47. The topological polar surface area (TPSA) is 12.5 Å². The number of hydrogen-bond donors (Lipinski definition) is 0. The van der Waals surface area contributed by atoms with Gasteiger partial charge < -0.3 is 4.74 Å². The first-order valence-electron chi connectivity index (χ1n) is 5.47. The molecule has 0 saturated carbocycles. The molecule has 2 heteroatoms. The molecule has 0 N–H and O–H groups in total. The molecular formula is C13H19NO. The molecular weight excluding hydrogens is 186 g/mol. The van der Waals surface area contributed by atoms with Crippen molar-refractivity contribution in [1.29, 1.82) is 0 Å². The average Bonchev–Trinajstić information content (AvgIpc) is 2.45. The molecule has 2 nitrogen and oxygen atoms in total. The summed E-state index contributed by atoms with van der Waals surface area (Å²) in [6.45, 7) is 4.31. The summed E-state index contributed by atoms with van der Waals surface area (Å²) in [6.07, 6.45) is 10.1. The van der Waals surface area contributed by atoms with E-state index in [1.807, 2.05) is 0 Å². The van der Waals surface area contributed by atoms with Gasteiger partial charge in [0.25, 0.3) is 0 Å². The smallest absolute Gasteiger partial charge is 0.122 e. The van der Waals surface area contributed by atoms with Crippen molar-refractivity contribution in [2.24, 2.45) is 0 Å². The van der Waals surface area contributed by atoms with Gasteiger partial charge in [-0.2, -0.15) is 0 Å². The Labute approximate surface area is 91.9 Å². The molecule has 0 aromatic rings. The molecule has 82 valence electrons. The van der Waals surface area contributed by atoms with Gasteiger partial charge >= 0.3 is 0 Å². The van der Waals surface area contributed by atoms with Crippen LogP contribution in [0.1, 0.15) is 20.3 Å². The largest absolute Gasteiger partial charge is 0.490 e. The molecule has 1 heterocycles. The number of hydrogen-bond acceptors (Lipinski definition) is 2. The Hall–Kier alpha value is -1.02. The molecule has 0 saturated heterocycles. The van der Waals surface area contributed by atoms with Gasteiger partial charge in [-0.3, -0.25) is 4.90 Å². The summed E-state index contributed by atoms with van der Waals surface area (Å²) in [4.78, 5) is 2.20. The van der Waals surface area contributed by atoms with E-state index in [1.165, 1.54) is 5.57 Å². The van der Waals surface area contributed by atoms with E-state index in [1.54, 1.807) is 0 Å². The van der Waals surface area contributed by atoms with Crippen LogP contribution in [0.25, 0.3) is 0 Å². The number of nitrogens with zero attached hydrogens (tertiary/aromatic N) is 1. The Morgan fingerprint density at radius 3 is 2.67 bits per heavy atom. The highest BCUT2D eigenvalue weighted by molar-refractivity contribution is 5.40. The van der Waals surface area contributed by atoms with Crippen molar-refractivity contribution in [3.63, 3.8) is 0 Å². The van der Waals surface area contributed by atoms with Crippen LogP contribution in [0.5, 0.6) is 0 Å². The second-order valence-electron chi connectivity index (χ2n) is 4.81. The van der Waals surface area contributed by atoms with Crippen LogP contribution >= 0.6 is 0 Å². The molecule has 1 unspecified atom stereocenters. The summed E-state index contributed by atoms with van der Waals surface area (Å²) in [7, 11) is 4.18. The summed E-state index contributed by atoms with van der Waals surface area (Å²) >= 11 is 0. The van der Waals surface area contributed by atoms with Crippen molar-refractivity contribution in [2.45, 2.75) is 31.9 Å². The normalized spacial score (nSPS) is 34.3. The molecule has 1 aliphatic heterocycles. The molecule has 2 aliphatic rings. The van der Waals surface area contributed by atoms with E-state index >= 15 is 0 Å². The van der Waals surface area contributed by atoms with Crippen LogP contribution in [0.15, 0.2) is 35.6 Å². The minimum Gasteiger partial charge on any atom is -0.490 e. The van der Waals surface area contributed by atoms with Gasteiger partial charge in [0.1, 0.15) is 11.9 Å². The summed E-state index contributed by atoms with van der Waals surface area (Å²) in [5, 5.41) is 0. The first kappa shape index (κ1) is 10.5. The lowest BCUT2D eigenvalue weighted by Gasteiger charge is -2.30. The SMILES string of the molecule is C[C@H]1CC2=C(C=CC(C)(N(C)C)C=C2)O1. The van der Waals surface area contributed by atoms with Gasteiger partial charge in [0.2, 0.25) is 0 Å². The van der Waals surface area contributed by atoms with E-state index < -0.39 is 0 Å². The van der Waals surface area contributed by atoms with Gasteiger partial charge in [0.15, 0.2) is 0 Å². The standard InChI is InChI=1S/C13H19NO/c1-10-9-11-5-7-13(2,14(3)4)8-6-12(11)15-10/h5-8,10H,9H2,1-4H3/t10-,13?/m0/s1. The molecule has 15 heavy (non-hydrogen) atoms.